The zero-order chi connectivity index (χ0) is 17.4. The average molecular weight is 328 g/mol. The van der Waals surface area contributed by atoms with Crippen LogP contribution in [0.2, 0.25) is 0 Å². The Morgan fingerprint density at radius 2 is 1.71 bits per heavy atom. The molecule has 0 atom stereocenters. The van der Waals surface area contributed by atoms with Crippen molar-refractivity contribution < 1.29 is 14.3 Å². The van der Waals surface area contributed by atoms with E-state index >= 15 is 0 Å². The van der Waals surface area contributed by atoms with E-state index in [0.29, 0.717) is 17.1 Å². The van der Waals surface area contributed by atoms with Gasteiger partial charge in [-0.3, -0.25) is 5.32 Å². The number of hydrogen-bond donors (Lipinski definition) is 4. The van der Waals surface area contributed by atoms with Crippen molar-refractivity contribution in [3.63, 3.8) is 0 Å². The van der Waals surface area contributed by atoms with Gasteiger partial charge in [-0.05, 0) is 36.8 Å². The Kier molecular flexibility index (Phi) is 6.16. The molecule has 2 aromatic carbocycles. The minimum Gasteiger partial charge on any atom is -0.448 e. The maximum atomic E-state index is 12.0. The maximum absolute atomic E-state index is 12.0. The van der Waals surface area contributed by atoms with Gasteiger partial charge in [0.2, 0.25) is 0 Å². The summed E-state index contributed by atoms with van der Waals surface area (Å²) >= 11 is 0. The number of carbonyl (C=O) groups is 2. The third-order valence-electron chi connectivity index (χ3n) is 3.11. The van der Waals surface area contributed by atoms with Gasteiger partial charge in [0.25, 0.3) is 0 Å². The van der Waals surface area contributed by atoms with Crippen molar-refractivity contribution in [2.75, 3.05) is 29.1 Å². The molecule has 2 rings (SSSR count). The van der Waals surface area contributed by atoms with Crippen molar-refractivity contribution in [2.24, 2.45) is 5.73 Å². The number of ether oxygens (including phenoxy) is 1. The lowest BCUT2D eigenvalue weighted by atomic mass is 10.2. The summed E-state index contributed by atoms with van der Waals surface area (Å²) in [5.74, 6) is 0. The number of nitrogens with one attached hydrogen (secondary N) is 3. The topological polar surface area (TPSA) is 105 Å². The van der Waals surface area contributed by atoms with Crippen LogP contribution in [0.1, 0.15) is 5.56 Å². The third-order valence-corrected chi connectivity index (χ3v) is 3.11. The SMILES string of the molecule is Cc1ccc(NC(=O)Nc2ccccc2)cc1NC(=O)OCCN. The Morgan fingerprint density at radius 1 is 1.00 bits per heavy atom. The molecule has 0 saturated heterocycles. The monoisotopic (exact) mass is 328 g/mol. The van der Waals surface area contributed by atoms with E-state index in [-0.39, 0.29) is 19.2 Å². The Hall–Kier alpha value is -3.06. The van der Waals surface area contributed by atoms with Gasteiger partial charge in [0.05, 0.1) is 0 Å². The van der Waals surface area contributed by atoms with Gasteiger partial charge in [-0.25, -0.2) is 9.59 Å². The van der Waals surface area contributed by atoms with Gasteiger partial charge in [0.15, 0.2) is 0 Å². The molecule has 2 aromatic rings. The van der Waals surface area contributed by atoms with Crippen molar-refractivity contribution in [3.8, 4) is 0 Å². The first kappa shape index (κ1) is 17.3. The number of aryl methyl sites for hydroxylation is 1. The lowest BCUT2D eigenvalue weighted by Gasteiger charge is -2.12. The van der Waals surface area contributed by atoms with Crippen LogP contribution < -0.4 is 21.7 Å². The summed E-state index contributed by atoms with van der Waals surface area (Å²) in [4.78, 5) is 23.6. The number of amides is 3. The van der Waals surface area contributed by atoms with E-state index in [1.165, 1.54) is 0 Å². The summed E-state index contributed by atoms with van der Waals surface area (Å²) < 4.78 is 4.88. The molecule has 0 aliphatic rings. The highest BCUT2D eigenvalue weighted by Gasteiger charge is 2.08. The molecular formula is C17H20N4O3. The molecule has 0 bridgehead atoms. The highest BCUT2D eigenvalue weighted by molar-refractivity contribution is 6.00. The molecule has 0 heterocycles. The standard InChI is InChI=1S/C17H20N4O3/c1-12-7-8-14(11-15(12)21-17(23)24-10-9-18)20-16(22)19-13-5-3-2-4-6-13/h2-8,11H,9-10,18H2,1H3,(H,21,23)(H2,19,20,22). The molecule has 0 aliphatic heterocycles. The summed E-state index contributed by atoms with van der Waals surface area (Å²) in [5.41, 5.74) is 7.91. The summed E-state index contributed by atoms with van der Waals surface area (Å²) in [7, 11) is 0. The van der Waals surface area contributed by atoms with E-state index in [9.17, 15) is 9.59 Å². The molecule has 126 valence electrons. The van der Waals surface area contributed by atoms with E-state index in [1.54, 1.807) is 30.3 Å². The Bertz CT molecular complexity index is 704. The van der Waals surface area contributed by atoms with Crippen molar-refractivity contribution >= 4 is 29.2 Å². The highest BCUT2D eigenvalue weighted by Crippen LogP contribution is 2.21. The summed E-state index contributed by atoms with van der Waals surface area (Å²) in [6.45, 7) is 2.24. The molecule has 3 amide bonds. The number of benzene rings is 2. The van der Waals surface area contributed by atoms with Crippen LogP contribution in [0.25, 0.3) is 0 Å². The second-order valence-corrected chi connectivity index (χ2v) is 5.02. The fourth-order valence-corrected chi connectivity index (χ4v) is 1.95. The van der Waals surface area contributed by atoms with Gasteiger partial charge in [-0.15, -0.1) is 0 Å². The number of urea groups is 1. The fraction of sp³-hybridized carbons (Fsp3) is 0.176. The largest absolute Gasteiger partial charge is 0.448 e. The highest BCUT2D eigenvalue weighted by atomic mass is 16.5. The first-order valence-corrected chi connectivity index (χ1v) is 7.46. The molecule has 0 spiro atoms. The van der Waals surface area contributed by atoms with E-state index in [0.717, 1.165) is 5.56 Å². The van der Waals surface area contributed by atoms with Crippen molar-refractivity contribution in [3.05, 3.63) is 54.1 Å². The molecule has 0 unspecified atom stereocenters. The smallest absolute Gasteiger partial charge is 0.411 e. The van der Waals surface area contributed by atoms with Gasteiger partial charge in [-0.2, -0.15) is 0 Å². The predicted octanol–water partition coefficient (Wildman–Crippen LogP) is 3.15. The van der Waals surface area contributed by atoms with Crippen LogP contribution >= 0.6 is 0 Å². The quantitative estimate of drug-likeness (QED) is 0.676. The van der Waals surface area contributed by atoms with Crippen LogP contribution in [0.3, 0.4) is 0 Å². The molecule has 0 aliphatic carbocycles. The Balaban J connectivity index is 1.99. The van der Waals surface area contributed by atoms with Gasteiger partial charge >= 0.3 is 12.1 Å². The second kappa shape index (κ2) is 8.54. The molecule has 24 heavy (non-hydrogen) atoms. The molecule has 0 radical (unpaired) electrons. The number of nitrogens with two attached hydrogens (primary N) is 1. The van der Waals surface area contributed by atoms with E-state index < -0.39 is 6.09 Å². The molecule has 7 nitrogen and oxygen atoms in total. The van der Waals surface area contributed by atoms with Crippen LogP contribution in [-0.2, 0) is 4.74 Å². The Morgan fingerprint density at radius 3 is 2.42 bits per heavy atom. The molecule has 7 heteroatoms. The van der Waals surface area contributed by atoms with Crippen LogP contribution in [0, 0.1) is 6.92 Å². The molecule has 0 saturated carbocycles. The van der Waals surface area contributed by atoms with Gasteiger partial charge < -0.3 is 21.1 Å². The molecule has 0 aromatic heterocycles. The molecular weight excluding hydrogens is 308 g/mol. The second-order valence-electron chi connectivity index (χ2n) is 5.02. The van der Waals surface area contributed by atoms with Crippen molar-refractivity contribution in [2.45, 2.75) is 6.92 Å². The van der Waals surface area contributed by atoms with Crippen LogP contribution in [0.15, 0.2) is 48.5 Å². The van der Waals surface area contributed by atoms with E-state index in [2.05, 4.69) is 16.0 Å². The Labute approximate surface area is 140 Å². The zero-order valence-electron chi connectivity index (χ0n) is 13.3. The minimum absolute atomic E-state index is 0.141. The number of rotatable bonds is 5. The number of para-hydroxylation sites is 1. The fourth-order valence-electron chi connectivity index (χ4n) is 1.95. The predicted molar refractivity (Wildman–Crippen MR) is 94.3 cm³/mol. The number of hydrogen-bond acceptors (Lipinski definition) is 4. The summed E-state index contributed by atoms with van der Waals surface area (Å²) in [5, 5.41) is 8.05. The first-order chi connectivity index (χ1) is 11.6. The van der Waals surface area contributed by atoms with Crippen molar-refractivity contribution in [1.29, 1.82) is 0 Å². The first-order valence-electron chi connectivity index (χ1n) is 7.46. The number of anilines is 3. The molecule has 5 N–H and O–H groups in total. The van der Waals surface area contributed by atoms with Gasteiger partial charge in [-0.1, -0.05) is 24.3 Å². The summed E-state index contributed by atoms with van der Waals surface area (Å²) in [6, 6.07) is 13.9. The third kappa shape index (κ3) is 5.29. The number of carbonyl (C=O) groups excluding carboxylic acids is 2. The van der Waals surface area contributed by atoms with Crippen molar-refractivity contribution in [1.82, 2.24) is 0 Å². The van der Waals surface area contributed by atoms with E-state index in [4.69, 9.17) is 10.5 Å². The lowest BCUT2D eigenvalue weighted by Crippen LogP contribution is -2.20. The average Bonchev–Trinajstić information content (AvgIpc) is 2.57. The lowest BCUT2D eigenvalue weighted by molar-refractivity contribution is 0.165. The molecule has 0 fully saturated rings. The van der Waals surface area contributed by atoms with Gasteiger partial charge in [0, 0.05) is 23.6 Å². The minimum atomic E-state index is -0.588. The van der Waals surface area contributed by atoms with Crippen LogP contribution in [-0.4, -0.2) is 25.3 Å². The summed E-state index contributed by atoms with van der Waals surface area (Å²) in [6.07, 6.45) is -0.588. The normalized spacial score (nSPS) is 9.92. The maximum Gasteiger partial charge on any atom is 0.411 e. The van der Waals surface area contributed by atoms with Crippen LogP contribution in [0.5, 0.6) is 0 Å². The van der Waals surface area contributed by atoms with Gasteiger partial charge in [0.1, 0.15) is 6.61 Å². The zero-order valence-corrected chi connectivity index (χ0v) is 13.3. The van der Waals surface area contributed by atoms with Crippen LogP contribution in [0.4, 0.5) is 26.7 Å². The van der Waals surface area contributed by atoms with E-state index in [1.807, 2.05) is 25.1 Å².